The molecule has 1 aliphatic heterocycles. The molecule has 0 unspecified atom stereocenters. The summed E-state index contributed by atoms with van der Waals surface area (Å²) >= 11 is 0. The first kappa shape index (κ1) is 20.0. The van der Waals surface area contributed by atoms with Crippen molar-refractivity contribution in [3.05, 3.63) is 75.8 Å². The minimum atomic E-state index is -0.444. The highest BCUT2D eigenvalue weighted by Gasteiger charge is 2.29. The Labute approximate surface area is 165 Å². The number of rotatable bonds is 7. The van der Waals surface area contributed by atoms with Gasteiger partial charge in [-0.1, -0.05) is 37.3 Å². The number of amides is 1. The summed E-state index contributed by atoms with van der Waals surface area (Å²) in [5.41, 5.74) is 1.80. The molecule has 28 heavy (non-hydrogen) atoms. The first-order chi connectivity index (χ1) is 13.6. The zero-order valence-electron chi connectivity index (χ0n) is 16.3. The fourth-order valence-electron chi connectivity index (χ4n) is 3.85. The van der Waals surface area contributed by atoms with Crippen LogP contribution in [0.3, 0.4) is 0 Å². The lowest BCUT2D eigenvalue weighted by Gasteiger charge is -2.39. The second kappa shape index (κ2) is 9.46. The molecular weight excluding hydrogens is 354 g/mol. The third kappa shape index (κ3) is 4.95. The van der Waals surface area contributed by atoms with Gasteiger partial charge in [0, 0.05) is 43.4 Å². The number of hydrogen-bond acceptors (Lipinski definition) is 4. The maximum Gasteiger partial charge on any atom is 0.269 e. The van der Waals surface area contributed by atoms with Crippen molar-refractivity contribution >= 4 is 11.6 Å². The minimum absolute atomic E-state index is 0.00490. The zero-order valence-corrected chi connectivity index (χ0v) is 16.3. The van der Waals surface area contributed by atoms with Gasteiger partial charge in [0.15, 0.2) is 0 Å². The Hall–Kier alpha value is -2.73. The number of likely N-dealkylation sites (tertiary alicyclic amines) is 1. The van der Waals surface area contributed by atoms with E-state index in [0.29, 0.717) is 12.1 Å². The van der Waals surface area contributed by atoms with Gasteiger partial charge in [0.2, 0.25) is 0 Å². The fourth-order valence-corrected chi connectivity index (χ4v) is 3.85. The number of carbonyl (C=O) groups excluding carboxylic acids is 1. The Morgan fingerprint density at radius 2 is 1.89 bits per heavy atom. The molecule has 6 heteroatoms. The molecule has 6 nitrogen and oxygen atoms in total. The molecule has 148 valence electrons. The molecule has 1 saturated heterocycles. The average molecular weight is 381 g/mol. The smallest absolute Gasteiger partial charge is 0.269 e. The average Bonchev–Trinajstić information content (AvgIpc) is 2.72. The van der Waals surface area contributed by atoms with E-state index in [1.165, 1.54) is 17.7 Å². The van der Waals surface area contributed by atoms with Gasteiger partial charge < -0.3 is 4.90 Å². The zero-order chi connectivity index (χ0) is 19.9. The number of nitrogens with zero attached hydrogens (tertiary/aromatic N) is 3. The molecule has 0 radical (unpaired) electrons. The van der Waals surface area contributed by atoms with E-state index in [9.17, 15) is 14.9 Å². The topological polar surface area (TPSA) is 66.7 Å². The summed E-state index contributed by atoms with van der Waals surface area (Å²) in [6, 6.07) is 16.5. The van der Waals surface area contributed by atoms with Crippen molar-refractivity contribution in [2.24, 2.45) is 0 Å². The van der Waals surface area contributed by atoms with Gasteiger partial charge in [-0.15, -0.1) is 0 Å². The van der Waals surface area contributed by atoms with Crippen molar-refractivity contribution in [2.75, 3.05) is 19.6 Å². The normalized spacial score (nSPS) is 17.2. The summed E-state index contributed by atoms with van der Waals surface area (Å²) in [7, 11) is 0. The Morgan fingerprint density at radius 3 is 2.54 bits per heavy atom. The number of carbonyl (C=O) groups is 1. The Balaban J connectivity index is 1.71. The second-order valence-electron chi connectivity index (χ2n) is 7.32. The van der Waals surface area contributed by atoms with Gasteiger partial charge in [-0.2, -0.15) is 0 Å². The van der Waals surface area contributed by atoms with Crippen molar-refractivity contribution in [1.82, 2.24) is 9.80 Å². The standard InChI is InChI=1S/C22H27N3O3/c1-2-14-24(22(26)19-10-12-20(13-11-19)25(27)28)21-9-6-15-23(17-21)16-18-7-4-3-5-8-18/h3-5,7-8,10-13,21H,2,6,9,14-17H2,1H3/t21-/m1/s1. The van der Waals surface area contributed by atoms with Crippen LogP contribution in [0.5, 0.6) is 0 Å². The molecule has 0 N–H and O–H groups in total. The molecule has 2 aromatic carbocycles. The van der Waals surface area contributed by atoms with Gasteiger partial charge in [-0.3, -0.25) is 19.8 Å². The van der Waals surface area contributed by atoms with E-state index in [1.807, 2.05) is 11.0 Å². The van der Waals surface area contributed by atoms with Gasteiger partial charge >= 0.3 is 0 Å². The van der Waals surface area contributed by atoms with E-state index in [-0.39, 0.29) is 17.6 Å². The number of non-ortho nitro benzene ring substituents is 1. The molecule has 1 aliphatic rings. The number of hydrogen-bond donors (Lipinski definition) is 0. The molecule has 0 aliphatic carbocycles. The first-order valence-corrected chi connectivity index (χ1v) is 9.90. The van der Waals surface area contributed by atoms with Crippen LogP contribution in [0.25, 0.3) is 0 Å². The molecule has 0 saturated carbocycles. The molecule has 1 heterocycles. The van der Waals surface area contributed by atoms with Crippen LogP contribution >= 0.6 is 0 Å². The summed E-state index contributed by atoms with van der Waals surface area (Å²) in [6.07, 6.45) is 2.93. The molecule has 1 atom stereocenters. The van der Waals surface area contributed by atoms with Gasteiger partial charge in [0.1, 0.15) is 0 Å². The number of nitro groups is 1. The lowest BCUT2D eigenvalue weighted by molar-refractivity contribution is -0.384. The van der Waals surface area contributed by atoms with Crippen molar-refractivity contribution < 1.29 is 9.72 Å². The van der Waals surface area contributed by atoms with Crippen LogP contribution in [0.4, 0.5) is 5.69 Å². The Kier molecular flexibility index (Phi) is 6.76. The maximum atomic E-state index is 13.1. The van der Waals surface area contributed by atoms with Crippen molar-refractivity contribution in [1.29, 1.82) is 0 Å². The summed E-state index contributed by atoms with van der Waals surface area (Å²) < 4.78 is 0. The maximum absolute atomic E-state index is 13.1. The van der Waals surface area contributed by atoms with Gasteiger partial charge in [-0.25, -0.2) is 0 Å². The SMILES string of the molecule is CCCN(C(=O)c1ccc([N+](=O)[O-])cc1)[C@@H]1CCCN(Cc2ccccc2)C1. The molecule has 3 rings (SSSR count). The lowest BCUT2D eigenvalue weighted by atomic mass is 10.0. The van der Waals surface area contributed by atoms with E-state index >= 15 is 0 Å². The molecule has 1 amide bonds. The molecule has 2 aromatic rings. The highest BCUT2D eigenvalue weighted by molar-refractivity contribution is 5.94. The van der Waals surface area contributed by atoms with Crippen molar-refractivity contribution in [3.63, 3.8) is 0 Å². The number of piperidine rings is 1. The molecular formula is C22H27N3O3. The molecule has 0 aromatic heterocycles. The predicted octanol–water partition coefficient (Wildman–Crippen LogP) is 4.11. The Morgan fingerprint density at radius 1 is 1.18 bits per heavy atom. The number of benzene rings is 2. The van der Waals surface area contributed by atoms with Crippen molar-refractivity contribution in [3.8, 4) is 0 Å². The summed E-state index contributed by atoms with van der Waals surface area (Å²) in [4.78, 5) is 27.9. The van der Waals surface area contributed by atoms with Crippen LogP contribution in [-0.2, 0) is 6.54 Å². The van der Waals surface area contributed by atoms with Crippen LogP contribution in [0, 0.1) is 10.1 Å². The second-order valence-corrected chi connectivity index (χ2v) is 7.32. The molecule has 0 spiro atoms. The van der Waals surface area contributed by atoms with Crippen LogP contribution in [0.1, 0.15) is 42.1 Å². The van der Waals surface area contributed by atoms with Gasteiger partial charge in [0.05, 0.1) is 4.92 Å². The predicted molar refractivity (Wildman–Crippen MR) is 109 cm³/mol. The highest BCUT2D eigenvalue weighted by atomic mass is 16.6. The summed E-state index contributed by atoms with van der Waals surface area (Å²) in [5.74, 6) is -0.0386. The lowest BCUT2D eigenvalue weighted by Crippen LogP contribution is -2.50. The highest BCUT2D eigenvalue weighted by Crippen LogP contribution is 2.21. The summed E-state index contributed by atoms with van der Waals surface area (Å²) in [6.45, 7) is 5.55. The Bertz CT molecular complexity index is 792. The van der Waals surface area contributed by atoms with Crippen LogP contribution < -0.4 is 0 Å². The monoisotopic (exact) mass is 381 g/mol. The minimum Gasteiger partial charge on any atom is -0.334 e. The quantitative estimate of drug-likeness (QED) is 0.535. The van der Waals surface area contributed by atoms with Crippen LogP contribution in [0.2, 0.25) is 0 Å². The molecule has 0 bridgehead atoms. The first-order valence-electron chi connectivity index (χ1n) is 9.90. The third-order valence-electron chi connectivity index (χ3n) is 5.22. The number of nitro benzene ring substituents is 1. The van der Waals surface area contributed by atoms with Gasteiger partial charge in [0.25, 0.3) is 11.6 Å². The molecule has 1 fully saturated rings. The van der Waals surface area contributed by atoms with E-state index in [1.54, 1.807) is 12.1 Å². The van der Waals surface area contributed by atoms with Gasteiger partial charge in [-0.05, 0) is 43.5 Å². The largest absolute Gasteiger partial charge is 0.334 e. The van der Waals surface area contributed by atoms with E-state index in [0.717, 1.165) is 38.9 Å². The van der Waals surface area contributed by atoms with E-state index in [4.69, 9.17) is 0 Å². The van der Waals surface area contributed by atoms with Crippen molar-refractivity contribution in [2.45, 2.75) is 38.8 Å². The van der Waals surface area contributed by atoms with E-state index < -0.39 is 4.92 Å². The van der Waals surface area contributed by atoms with Crippen LogP contribution in [-0.4, -0.2) is 46.3 Å². The third-order valence-corrected chi connectivity index (χ3v) is 5.22. The van der Waals surface area contributed by atoms with Crippen LogP contribution in [0.15, 0.2) is 54.6 Å². The fraction of sp³-hybridized carbons (Fsp3) is 0.409. The summed E-state index contributed by atoms with van der Waals surface area (Å²) in [5, 5.41) is 10.9. The van der Waals surface area contributed by atoms with E-state index in [2.05, 4.69) is 36.1 Å².